The highest BCUT2D eigenvalue weighted by atomic mass is 79.9. The number of thiol groups is 1. The summed E-state index contributed by atoms with van der Waals surface area (Å²) in [6.45, 7) is 0. The normalized spacial score (nSPS) is 9.62. The van der Waals surface area contributed by atoms with Crippen molar-refractivity contribution in [1.82, 2.24) is 0 Å². The Morgan fingerprint density at radius 3 is 2.81 bits per heavy atom. The van der Waals surface area contributed by atoms with E-state index in [9.17, 15) is 4.79 Å². The van der Waals surface area contributed by atoms with Gasteiger partial charge >= 0.3 is 5.97 Å². The quantitative estimate of drug-likeness (QED) is 0.530. The van der Waals surface area contributed by atoms with Crippen LogP contribution in [-0.4, -0.2) is 13.1 Å². The molecule has 0 aromatic heterocycles. The van der Waals surface area contributed by atoms with Gasteiger partial charge in [0.25, 0.3) is 0 Å². The number of ether oxygens (including phenoxy) is 1. The van der Waals surface area contributed by atoms with Crippen LogP contribution in [0.1, 0.15) is 16.7 Å². The van der Waals surface area contributed by atoms with Gasteiger partial charge in [-0.25, -0.2) is 0 Å². The Bertz CT molecular complexity index is 454. The zero-order valence-corrected chi connectivity index (χ0v) is 11.1. The molecule has 0 atom stereocenters. The second-order valence-electron chi connectivity index (χ2n) is 3.13. The van der Waals surface area contributed by atoms with E-state index in [-0.39, 0.29) is 12.4 Å². The number of methoxy groups -OCH3 is 1. The summed E-state index contributed by atoms with van der Waals surface area (Å²) < 4.78 is 4.60. The highest BCUT2D eigenvalue weighted by molar-refractivity contribution is 9.08. The maximum absolute atomic E-state index is 11.2. The van der Waals surface area contributed by atoms with Gasteiger partial charge in [-0.3, -0.25) is 4.79 Å². The fourth-order valence-electron chi connectivity index (χ4n) is 1.36. The summed E-state index contributed by atoms with van der Waals surface area (Å²) in [5.74, 6) is -0.356. The van der Waals surface area contributed by atoms with Gasteiger partial charge < -0.3 is 4.74 Å². The molecule has 0 fully saturated rings. The third kappa shape index (κ3) is 3.00. The zero-order chi connectivity index (χ0) is 12.1. The molecule has 0 N–H and O–H groups in total. The van der Waals surface area contributed by atoms with Crippen molar-refractivity contribution in [3.63, 3.8) is 0 Å². The van der Waals surface area contributed by atoms with E-state index < -0.39 is 0 Å². The van der Waals surface area contributed by atoms with E-state index in [1.807, 2.05) is 6.07 Å². The number of nitriles is 1. The van der Waals surface area contributed by atoms with Crippen LogP contribution in [0.5, 0.6) is 0 Å². The van der Waals surface area contributed by atoms with Crippen LogP contribution in [0.4, 0.5) is 0 Å². The van der Waals surface area contributed by atoms with Crippen LogP contribution in [0.2, 0.25) is 0 Å². The molecule has 0 spiro atoms. The first-order valence-corrected chi connectivity index (χ1v) is 6.07. The lowest BCUT2D eigenvalue weighted by Crippen LogP contribution is -2.08. The van der Waals surface area contributed by atoms with Crippen molar-refractivity contribution in [2.24, 2.45) is 0 Å². The van der Waals surface area contributed by atoms with Gasteiger partial charge in [-0.2, -0.15) is 5.26 Å². The largest absolute Gasteiger partial charge is 0.469 e. The van der Waals surface area contributed by atoms with Crippen molar-refractivity contribution in [3.8, 4) is 6.07 Å². The highest BCUT2D eigenvalue weighted by Crippen LogP contribution is 2.22. The third-order valence-corrected chi connectivity index (χ3v) is 3.00. The Balaban J connectivity index is 3.23. The van der Waals surface area contributed by atoms with Crippen LogP contribution in [-0.2, 0) is 21.3 Å². The monoisotopic (exact) mass is 299 g/mol. The topological polar surface area (TPSA) is 50.1 Å². The van der Waals surface area contributed by atoms with E-state index >= 15 is 0 Å². The molecule has 0 bridgehead atoms. The number of hydrogen-bond acceptors (Lipinski definition) is 4. The van der Waals surface area contributed by atoms with Gasteiger partial charge in [0.05, 0.1) is 25.2 Å². The van der Waals surface area contributed by atoms with Crippen LogP contribution in [0.15, 0.2) is 17.0 Å². The maximum Gasteiger partial charge on any atom is 0.310 e. The molecule has 0 aliphatic carbocycles. The number of alkyl halides is 1. The fourth-order valence-corrected chi connectivity index (χ4v) is 2.14. The Morgan fingerprint density at radius 1 is 1.62 bits per heavy atom. The molecule has 0 aliphatic rings. The summed E-state index contributed by atoms with van der Waals surface area (Å²) >= 11 is 7.53. The summed E-state index contributed by atoms with van der Waals surface area (Å²) in [6, 6.07) is 5.54. The zero-order valence-electron chi connectivity index (χ0n) is 8.66. The average molecular weight is 300 g/mol. The summed E-state index contributed by atoms with van der Waals surface area (Å²) in [5, 5.41) is 9.57. The van der Waals surface area contributed by atoms with Gasteiger partial charge in [0.15, 0.2) is 0 Å². The minimum Gasteiger partial charge on any atom is -0.469 e. The number of esters is 1. The van der Waals surface area contributed by atoms with Crippen LogP contribution in [0, 0.1) is 11.3 Å². The SMILES string of the molecule is COC(=O)Cc1c(C#N)cc(S)cc1CBr. The van der Waals surface area contributed by atoms with E-state index in [1.165, 1.54) is 7.11 Å². The molecule has 0 saturated heterocycles. The Hall–Kier alpha value is -0.990. The van der Waals surface area contributed by atoms with E-state index in [2.05, 4.69) is 39.4 Å². The first-order valence-electron chi connectivity index (χ1n) is 4.50. The van der Waals surface area contributed by atoms with Gasteiger partial charge in [-0.1, -0.05) is 15.9 Å². The van der Waals surface area contributed by atoms with Crippen molar-refractivity contribution in [3.05, 3.63) is 28.8 Å². The Kier molecular flexibility index (Phi) is 4.84. The standard InChI is InChI=1S/C11H10BrNO2S/c1-15-11(14)4-10-7(5-12)2-9(16)3-8(10)6-13/h2-3,16H,4-5H2,1H3. The molecule has 0 heterocycles. The lowest BCUT2D eigenvalue weighted by Gasteiger charge is -2.09. The minimum atomic E-state index is -0.356. The fraction of sp³-hybridized carbons (Fsp3) is 0.273. The molecule has 0 saturated carbocycles. The van der Waals surface area contributed by atoms with Crippen LogP contribution < -0.4 is 0 Å². The first-order chi connectivity index (χ1) is 7.62. The molecule has 16 heavy (non-hydrogen) atoms. The highest BCUT2D eigenvalue weighted by Gasteiger charge is 2.13. The van der Waals surface area contributed by atoms with Crippen molar-refractivity contribution < 1.29 is 9.53 Å². The van der Waals surface area contributed by atoms with Crippen LogP contribution in [0.25, 0.3) is 0 Å². The molecule has 84 valence electrons. The molecule has 1 aromatic carbocycles. The Morgan fingerprint density at radius 2 is 2.31 bits per heavy atom. The number of carbonyl (C=O) groups is 1. The van der Waals surface area contributed by atoms with Crippen LogP contribution >= 0.6 is 28.6 Å². The smallest absolute Gasteiger partial charge is 0.310 e. The van der Waals surface area contributed by atoms with Crippen molar-refractivity contribution in [2.75, 3.05) is 7.11 Å². The molecule has 3 nitrogen and oxygen atoms in total. The number of carbonyl (C=O) groups excluding carboxylic acids is 1. The number of hydrogen-bond donors (Lipinski definition) is 1. The molecular formula is C11H10BrNO2S. The van der Waals surface area contributed by atoms with Gasteiger partial charge in [0.1, 0.15) is 0 Å². The lowest BCUT2D eigenvalue weighted by atomic mass is 10.00. The minimum absolute atomic E-state index is 0.106. The molecule has 1 rings (SSSR count). The molecule has 0 aliphatic heterocycles. The summed E-state index contributed by atoms with van der Waals surface area (Å²) in [7, 11) is 1.33. The van der Waals surface area contributed by atoms with E-state index in [4.69, 9.17) is 5.26 Å². The number of halogens is 1. The van der Waals surface area contributed by atoms with Gasteiger partial charge in [-0.05, 0) is 23.3 Å². The molecule has 5 heteroatoms. The number of benzene rings is 1. The predicted molar refractivity (Wildman–Crippen MR) is 66.8 cm³/mol. The maximum atomic E-state index is 11.2. The van der Waals surface area contributed by atoms with E-state index in [0.717, 1.165) is 5.56 Å². The third-order valence-electron chi connectivity index (χ3n) is 2.14. The molecule has 0 unspecified atom stereocenters. The Labute approximate surface area is 108 Å². The first kappa shape index (κ1) is 13.1. The molecule has 0 amide bonds. The van der Waals surface area contributed by atoms with Crippen LogP contribution in [0.3, 0.4) is 0 Å². The van der Waals surface area contributed by atoms with Crippen molar-refractivity contribution in [1.29, 1.82) is 5.26 Å². The predicted octanol–water partition coefficient (Wildman–Crippen LogP) is 2.46. The summed E-state index contributed by atoms with van der Waals surface area (Å²) in [6.07, 6.45) is 0.106. The van der Waals surface area contributed by atoms with E-state index in [0.29, 0.717) is 21.4 Å². The summed E-state index contributed by atoms with van der Waals surface area (Å²) in [4.78, 5) is 11.9. The number of nitrogens with zero attached hydrogens (tertiary/aromatic N) is 1. The van der Waals surface area contributed by atoms with Crippen molar-refractivity contribution >= 4 is 34.5 Å². The summed E-state index contributed by atoms with van der Waals surface area (Å²) in [5.41, 5.74) is 2.05. The average Bonchev–Trinajstić information content (AvgIpc) is 2.30. The second-order valence-corrected chi connectivity index (χ2v) is 4.21. The second kappa shape index (κ2) is 5.92. The van der Waals surface area contributed by atoms with Crippen molar-refractivity contribution in [2.45, 2.75) is 16.6 Å². The molecule has 0 radical (unpaired) electrons. The van der Waals surface area contributed by atoms with Gasteiger partial charge in [-0.15, -0.1) is 12.6 Å². The molecule has 1 aromatic rings. The number of rotatable bonds is 3. The van der Waals surface area contributed by atoms with Gasteiger partial charge in [0.2, 0.25) is 0 Å². The van der Waals surface area contributed by atoms with Gasteiger partial charge in [0, 0.05) is 10.2 Å². The molecular weight excluding hydrogens is 290 g/mol. The van der Waals surface area contributed by atoms with E-state index in [1.54, 1.807) is 6.07 Å². The lowest BCUT2D eigenvalue weighted by molar-refractivity contribution is -0.139.